The van der Waals surface area contributed by atoms with Crippen LogP contribution >= 0.6 is 0 Å². The second-order valence-electron chi connectivity index (χ2n) is 7.47. The van der Waals surface area contributed by atoms with Crippen molar-refractivity contribution in [3.05, 3.63) is 108 Å². The molecular weight excluding hydrogens is 384 g/mol. The molecule has 0 unspecified atom stereocenters. The molecule has 0 N–H and O–H groups in total. The summed E-state index contributed by atoms with van der Waals surface area (Å²) in [5, 5.41) is 4.28. The minimum absolute atomic E-state index is 0.492. The Balaban J connectivity index is 1.49. The maximum absolute atomic E-state index is 10.9. The number of carbonyl (C=O) groups is 1. The second kappa shape index (κ2) is 10.4. The third kappa shape index (κ3) is 5.48. The third-order valence-corrected chi connectivity index (χ3v) is 5.30. The quantitative estimate of drug-likeness (QED) is 0.331. The van der Waals surface area contributed by atoms with E-state index < -0.39 is 0 Å². The van der Waals surface area contributed by atoms with Crippen molar-refractivity contribution in [2.45, 2.75) is 25.8 Å². The van der Waals surface area contributed by atoms with E-state index in [9.17, 15) is 4.79 Å². The summed E-state index contributed by atoms with van der Waals surface area (Å²) in [7, 11) is 0. The molecule has 1 heterocycles. The lowest BCUT2D eigenvalue weighted by Gasteiger charge is -2.15. The van der Waals surface area contributed by atoms with Gasteiger partial charge in [-0.15, -0.1) is 0 Å². The summed E-state index contributed by atoms with van der Waals surface area (Å²) >= 11 is 0. The Bertz CT molecular complexity index is 1110. The molecule has 0 aliphatic rings. The minimum Gasteiger partial charge on any atom is -0.493 e. The Kier molecular flexibility index (Phi) is 6.91. The molecule has 0 aliphatic heterocycles. The summed E-state index contributed by atoms with van der Waals surface area (Å²) < 4.78 is 8.13. The van der Waals surface area contributed by atoms with E-state index in [2.05, 4.69) is 71.8 Å². The zero-order valence-corrected chi connectivity index (χ0v) is 17.5. The van der Waals surface area contributed by atoms with Gasteiger partial charge in [0.25, 0.3) is 0 Å². The number of nitrogens with zero attached hydrogens (tertiary/aromatic N) is 2. The van der Waals surface area contributed by atoms with Gasteiger partial charge in [-0.05, 0) is 46.4 Å². The van der Waals surface area contributed by atoms with Gasteiger partial charge in [-0.2, -0.15) is 5.10 Å². The van der Waals surface area contributed by atoms with Crippen LogP contribution in [-0.4, -0.2) is 22.7 Å². The normalized spacial score (nSPS) is 10.7. The molecular formula is C27H26N2O2. The van der Waals surface area contributed by atoms with E-state index in [-0.39, 0.29) is 0 Å². The number of aromatic nitrogens is 2. The molecule has 0 saturated carbocycles. The van der Waals surface area contributed by atoms with Crippen LogP contribution in [0.1, 0.15) is 23.1 Å². The topological polar surface area (TPSA) is 44.1 Å². The first-order chi connectivity index (χ1) is 15.3. The van der Waals surface area contributed by atoms with Crippen LogP contribution in [0.25, 0.3) is 11.1 Å². The third-order valence-electron chi connectivity index (χ3n) is 5.30. The van der Waals surface area contributed by atoms with E-state index in [1.165, 1.54) is 16.7 Å². The first-order valence-corrected chi connectivity index (χ1v) is 10.6. The molecule has 4 heteroatoms. The van der Waals surface area contributed by atoms with E-state index >= 15 is 0 Å². The lowest BCUT2D eigenvalue weighted by molar-refractivity contribution is -0.107. The fourth-order valence-electron chi connectivity index (χ4n) is 3.74. The van der Waals surface area contributed by atoms with Crippen molar-refractivity contribution in [1.82, 2.24) is 9.78 Å². The first-order valence-electron chi connectivity index (χ1n) is 10.6. The van der Waals surface area contributed by atoms with Crippen molar-refractivity contribution in [2.75, 3.05) is 6.61 Å². The lowest BCUT2D eigenvalue weighted by Crippen LogP contribution is -2.06. The number of hydrogen-bond donors (Lipinski definition) is 0. The van der Waals surface area contributed by atoms with Crippen LogP contribution in [0, 0.1) is 0 Å². The van der Waals surface area contributed by atoms with Gasteiger partial charge in [-0.1, -0.05) is 66.7 Å². The van der Waals surface area contributed by atoms with Crippen LogP contribution in [0.15, 0.2) is 91.3 Å². The van der Waals surface area contributed by atoms with Gasteiger partial charge in [0.05, 0.1) is 13.2 Å². The fraction of sp³-hybridized carbons (Fsp3) is 0.185. The van der Waals surface area contributed by atoms with Crippen LogP contribution in [0.5, 0.6) is 5.75 Å². The van der Waals surface area contributed by atoms with Gasteiger partial charge in [0.1, 0.15) is 12.0 Å². The van der Waals surface area contributed by atoms with Crippen molar-refractivity contribution in [3.63, 3.8) is 0 Å². The Morgan fingerprint density at radius 2 is 1.71 bits per heavy atom. The SMILES string of the molecule is O=CCCc1ccc(Cn2cccn2)cc1OCCc1ccccc1-c1ccccc1. The van der Waals surface area contributed by atoms with Gasteiger partial charge in [0.2, 0.25) is 0 Å². The molecule has 0 amide bonds. The molecule has 4 aromatic rings. The molecule has 0 fully saturated rings. The predicted molar refractivity (Wildman–Crippen MR) is 123 cm³/mol. The summed E-state index contributed by atoms with van der Waals surface area (Å²) in [5.74, 6) is 0.851. The number of ether oxygens (including phenoxy) is 1. The monoisotopic (exact) mass is 410 g/mol. The number of benzene rings is 3. The first kappa shape index (κ1) is 20.6. The standard InChI is InChI=1S/C27H26N2O2/c30-18-6-11-25-14-13-22(21-29-17-7-16-28-29)20-27(25)31-19-15-24-10-4-5-12-26(24)23-8-2-1-3-9-23/h1-5,7-10,12-14,16-18,20H,6,11,15,19,21H2. The summed E-state index contributed by atoms with van der Waals surface area (Å²) in [6.07, 6.45) is 6.66. The highest BCUT2D eigenvalue weighted by Gasteiger charge is 2.09. The molecule has 0 spiro atoms. The van der Waals surface area contributed by atoms with Crippen LogP contribution < -0.4 is 4.74 Å². The van der Waals surface area contributed by atoms with Crippen LogP contribution in [0.2, 0.25) is 0 Å². The average Bonchev–Trinajstić information content (AvgIpc) is 3.32. The fourth-order valence-corrected chi connectivity index (χ4v) is 3.74. The highest BCUT2D eigenvalue weighted by atomic mass is 16.5. The molecule has 0 saturated heterocycles. The largest absolute Gasteiger partial charge is 0.493 e. The summed E-state index contributed by atoms with van der Waals surface area (Å²) in [6, 6.07) is 27.0. The summed E-state index contributed by atoms with van der Waals surface area (Å²) in [4.78, 5) is 10.9. The van der Waals surface area contributed by atoms with Gasteiger partial charge in [-0.25, -0.2) is 0 Å². The molecule has 0 aliphatic carbocycles. The van der Waals surface area contributed by atoms with Crippen molar-refractivity contribution >= 4 is 6.29 Å². The number of aldehydes is 1. The van der Waals surface area contributed by atoms with E-state index in [0.29, 0.717) is 26.0 Å². The highest BCUT2D eigenvalue weighted by Crippen LogP contribution is 2.26. The van der Waals surface area contributed by atoms with Gasteiger partial charge in [0.15, 0.2) is 0 Å². The van der Waals surface area contributed by atoms with E-state index in [1.54, 1.807) is 6.20 Å². The molecule has 0 atom stereocenters. The molecule has 4 nitrogen and oxygen atoms in total. The van der Waals surface area contributed by atoms with Crippen LogP contribution in [0.3, 0.4) is 0 Å². The number of carbonyl (C=O) groups excluding carboxylic acids is 1. The Labute approximate surface area is 183 Å². The van der Waals surface area contributed by atoms with Crippen molar-refractivity contribution in [3.8, 4) is 16.9 Å². The molecule has 156 valence electrons. The van der Waals surface area contributed by atoms with Crippen molar-refractivity contribution in [2.24, 2.45) is 0 Å². The van der Waals surface area contributed by atoms with Crippen LogP contribution in [-0.2, 0) is 24.2 Å². The zero-order chi connectivity index (χ0) is 21.3. The summed E-state index contributed by atoms with van der Waals surface area (Å²) in [5.41, 5.74) is 5.90. The maximum Gasteiger partial charge on any atom is 0.122 e. The molecule has 1 aromatic heterocycles. The molecule has 0 radical (unpaired) electrons. The number of aryl methyl sites for hydroxylation is 1. The van der Waals surface area contributed by atoms with Crippen molar-refractivity contribution < 1.29 is 9.53 Å². The number of hydrogen-bond acceptors (Lipinski definition) is 3. The van der Waals surface area contributed by atoms with Gasteiger partial charge >= 0.3 is 0 Å². The number of rotatable bonds is 10. The van der Waals surface area contributed by atoms with E-state index in [1.807, 2.05) is 23.0 Å². The maximum atomic E-state index is 10.9. The zero-order valence-electron chi connectivity index (χ0n) is 17.5. The van der Waals surface area contributed by atoms with Gasteiger partial charge in [0, 0.05) is 25.2 Å². The van der Waals surface area contributed by atoms with Crippen molar-refractivity contribution in [1.29, 1.82) is 0 Å². The molecule has 0 bridgehead atoms. The smallest absolute Gasteiger partial charge is 0.122 e. The Hall–Kier alpha value is -3.66. The minimum atomic E-state index is 0.492. The average molecular weight is 411 g/mol. The summed E-state index contributed by atoms with van der Waals surface area (Å²) in [6.45, 7) is 1.26. The molecule has 3 aromatic carbocycles. The lowest BCUT2D eigenvalue weighted by atomic mass is 9.98. The van der Waals surface area contributed by atoms with Gasteiger partial charge in [-0.3, -0.25) is 4.68 Å². The van der Waals surface area contributed by atoms with E-state index in [0.717, 1.165) is 29.6 Å². The molecule has 4 rings (SSSR count). The molecule has 31 heavy (non-hydrogen) atoms. The van der Waals surface area contributed by atoms with Gasteiger partial charge < -0.3 is 9.53 Å². The second-order valence-corrected chi connectivity index (χ2v) is 7.47. The van der Waals surface area contributed by atoms with Crippen LogP contribution in [0.4, 0.5) is 0 Å². The Morgan fingerprint density at radius 3 is 2.52 bits per heavy atom. The predicted octanol–water partition coefficient (Wildman–Crippen LogP) is 5.35. The van der Waals surface area contributed by atoms with E-state index in [4.69, 9.17) is 4.74 Å². The Morgan fingerprint density at radius 1 is 0.871 bits per heavy atom. The highest BCUT2D eigenvalue weighted by molar-refractivity contribution is 5.67.